The van der Waals surface area contributed by atoms with Crippen molar-refractivity contribution in [3.05, 3.63) is 84.6 Å². The molecule has 3 aromatic heterocycles. The Morgan fingerprint density at radius 2 is 1.73 bits per heavy atom. The number of aromatic nitrogens is 4. The summed E-state index contributed by atoms with van der Waals surface area (Å²) in [4.78, 5) is 4.68. The SMILES string of the molecule is CC(C)Oc1ccc(-c2cnc3c(-c4cc[n+]([O-])c5ccccc45)cnn3c2)cc1. The summed E-state index contributed by atoms with van der Waals surface area (Å²) in [5, 5.41) is 17.5. The molecule has 0 aliphatic carbocycles. The van der Waals surface area contributed by atoms with Gasteiger partial charge in [0.2, 0.25) is 5.52 Å². The molecule has 0 saturated heterocycles. The number of benzene rings is 2. The molecule has 0 spiro atoms. The van der Waals surface area contributed by atoms with Crippen molar-refractivity contribution in [2.24, 2.45) is 0 Å². The third kappa shape index (κ3) is 3.12. The van der Waals surface area contributed by atoms with Crippen LogP contribution in [-0.2, 0) is 0 Å². The van der Waals surface area contributed by atoms with Crippen molar-refractivity contribution in [3.8, 4) is 28.0 Å². The van der Waals surface area contributed by atoms with Crippen molar-refractivity contribution in [3.63, 3.8) is 0 Å². The van der Waals surface area contributed by atoms with Crippen LogP contribution in [0.3, 0.4) is 0 Å². The molecule has 6 heteroatoms. The molecule has 0 atom stereocenters. The van der Waals surface area contributed by atoms with Gasteiger partial charge in [-0.05, 0) is 37.6 Å². The van der Waals surface area contributed by atoms with Crippen LogP contribution >= 0.6 is 0 Å². The van der Waals surface area contributed by atoms with Crippen LogP contribution in [0.4, 0.5) is 0 Å². The molecular formula is C24H20N4O2. The Morgan fingerprint density at radius 1 is 0.933 bits per heavy atom. The van der Waals surface area contributed by atoms with Gasteiger partial charge in [0.1, 0.15) is 5.75 Å². The highest BCUT2D eigenvalue weighted by molar-refractivity contribution is 5.96. The minimum absolute atomic E-state index is 0.140. The van der Waals surface area contributed by atoms with Gasteiger partial charge in [-0.25, -0.2) is 9.50 Å². The molecule has 148 valence electrons. The molecule has 0 saturated carbocycles. The fraction of sp³-hybridized carbons (Fsp3) is 0.125. The van der Waals surface area contributed by atoms with E-state index in [0.717, 1.165) is 43.8 Å². The lowest BCUT2D eigenvalue weighted by Gasteiger charge is -2.10. The first-order chi connectivity index (χ1) is 14.6. The van der Waals surface area contributed by atoms with Crippen molar-refractivity contribution < 1.29 is 9.47 Å². The van der Waals surface area contributed by atoms with Gasteiger partial charge < -0.3 is 9.94 Å². The summed E-state index contributed by atoms with van der Waals surface area (Å²) < 4.78 is 8.37. The Labute approximate surface area is 173 Å². The molecule has 6 nitrogen and oxygen atoms in total. The van der Waals surface area contributed by atoms with Crippen molar-refractivity contribution in [2.75, 3.05) is 0 Å². The summed E-state index contributed by atoms with van der Waals surface area (Å²) in [5.41, 5.74) is 5.18. The Hall–Kier alpha value is -3.93. The van der Waals surface area contributed by atoms with Crippen LogP contribution in [0, 0.1) is 5.21 Å². The maximum absolute atomic E-state index is 12.1. The lowest BCUT2D eigenvalue weighted by molar-refractivity contribution is -0.576. The summed E-state index contributed by atoms with van der Waals surface area (Å²) in [7, 11) is 0. The average Bonchev–Trinajstić information content (AvgIpc) is 3.17. The lowest BCUT2D eigenvalue weighted by Crippen LogP contribution is -2.25. The number of nitrogens with zero attached hydrogens (tertiary/aromatic N) is 4. The van der Waals surface area contributed by atoms with Crippen LogP contribution in [-0.4, -0.2) is 20.7 Å². The highest BCUT2D eigenvalue weighted by Crippen LogP contribution is 2.30. The van der Waals surface area contributed by atoms with Crippen molar-refractivity contribution in [1.29, 1.82) is 0 Å². The van der Waals surface area contributed by atoms with E-state index >= 15 is 0 Å². The standard InChI is InChI=1S/C24H20N4O2/c1-16(2)30-19-9-7-17(8-10-19)18-13-25-24-22(14-26-27(24)15-18)20-11-12-28(29)23-6-4-3-5-21(20)23/h3-16H,1-2H3. The van der Waals surface area contributed by atoms with Gasteiger partial charge in [0.05, 0.1) is 17.7 Å². The first kappa shape index (κ1) is 18.1. The molecule has 0 bridgehead atoms. The minimum atomic E-state index is 0.140. The number of rotatable bonds is 4. The molecule has 5 aromatic rings. The van der Waals surface area contributed by atoms with Crippen molar-refractivity contribution >= 4 is 16.6 Å². The predicted octanol–water partition coefficient (Wildman–Crippen LogP) is 4.64. The first-order valence-corrected chi connectivity index (χ1v) is 9.82. The fourth-order valence-corrected chi connectivity index (χ4v) is 3.65. The molecule has 0 aliphatic rings. The number of ether oxygens (including phenoxy) is 1. The van der Waals surface area contributed by atoms with Crippen LogP contribution in [0.1, 0.15) is 13.8 Å². The second kappa shape index (κ2) is 7.15. The van der Waals surface area contributed by atoms with Gasteiger partial charge in [-0.3, -0.25) is 0 Å². The third-order valence-corrected chi connectivity index (χ3v) is 5.01. The second-order valence-corrected chi connectivity index (χ2v) is 7.43. The van der Waals surface area contributed by atoms with E-state index in [1.54, 1.807) is 10.7 Å². The molecule has 0 fully saturated rings. The number of pyridine rings is 1. The zero-order valence-corrected chi connectivity index (χ0v) is 16.7. The molecular weight excluding hydrogens is 376 g/mol. The van der Waals surface area contributed by atoms with Crippen LogP contribution in [0.2, 0.25) is 0 Å². The van der Waals surface area contributed by atoms with Gasteiger partial charge in [0.25, 0.3) is 0 Å². The number of fused-ring (bicyclic) bond motifs is 2. The normalized spacial score (nSPS) is 11.4. The Morgan fingerprint density at radius 3 is 2.53 bits per heavy atom. The highest BCUT2D eigenvalue weighted by atomic mass is 16.5. The Bertz CT molecular complexity index is 1360. The van der Waals surface area contributed by atoms with E-state index in [2.05, 4.69) is 10.1 Å². The molecule has 30 heavy (non-hydrogen) atoms. The Balaban J connectivity index is 1.56. The van der Waals surface area contributed by atoms with Gasteiger partial charge in [-0.2, -0.15) is 9.83 Å². The number of para-hydroxylation sites is 1. The van der Waals surface area contributed by atoms with E-state index in [-0.39, 0.29) is 6.10 Å². The summed E-state index contributed by atoms with van der Waals surface area (Å²) in [6.07, 6.45) is 7.27. The molecule has 5 rings (SSSR count). The molecule has 0 amide bonds. The molecule has 3 heterocycles. The molecule has 0 aliphatic heterocycles. The highest BCUT2D eigenvalue weighted by Gasteiger charge is 2.15. The van der Waals surface area contributed by atoms with Gasteiger partial charge in [0.15, 0.2) is 11.8 Å². The molecule has 0 radical (unpaired) electrons. The largest absolute Gasteiger partial charge is 0.618 e. The Kier molecular flexibility index (Phi) is 4.32. The molecule has 0 unspecified atom stereocenters. The number of hydrogen-bond donors (Lipinski definition) is 0. The smallest absolute Gasteiger partial charge is 0.224 e. The van der Waals surface area contributed by atoms with Crippen LogP contribution in [0.15, 0.2) is 79.4 Å². The van der Waals surface area contributed by atoms with Crippen molar-refractivity contribution in [1.82, 2.24) is 14.6 Å². The minimum Gasteiger partial charge on any atom is -0.618 e. The van der Waals surface area contributed by atoms with E-state index in [1.165, 1.54) is 6.20 Å². The van der Waals surface area contributed by atoms with Crippen LogP contribution in [0.5, 0.6) is 5.75 Å². The third-order valence-electron chi connectivity index (χ3n) is 5.01. The van der Waals surface area contributed by atoms with E-state index in [4.69, 9.17) is 4.74 Å². The summed E-state index contributed by atoms with van der Waals surface area (Å²) >= 11 is 0. The summed E-state index contributed by atoms with van der Waals surface area (Å²) in [6.45, 7) is 4.02. The lowest BCUT2D eigenvalue weighted by atomic mass is 10.0. The molecule has 2 aromatic carbocycles. The van der Waals surface area contributed by atoms with E-state index < -0.39 is 0 Å². The van der Waals surface area contributed by atoms with Crippen LogP contribution in [0.25, 0.3) is 38.8 Å². The van der Waals surface area contributed by atoms with E-state index in [9.17, 15) is 5.21 Å². The van der Waals surface area contributed by atoms with Gasteiger partial charge in [-0.15, -0.1) is 0 Å². The summed E-state index contributed by atoms with van der Waals surface area (Å²) in [5.74, 6) is 0.843. The van der Waals surface area contributed by atoms with E-state index in [0.29, 0.717) is 5.52 Å². The van der Waals surface area contributed by atoms with Crippen molar-refractivity contribution in [2.45, 2.75) is 20.0 Å². The zero-order chi connectivity index (χ0) is 20.7. The van der Waals surface area contributed by atoms with E-state index in [1.807, 2.05) is 80.8 Å². The zero-order valence-electron chi connectivity index (χ0n) is 16.7. The predicted molar refractivity (Wildman–Crippen MR) is 116 cm³/mol. The van der Waals surface area contributed by atoms with Gasteiger partial charge >= 0.3 is 0 Å². The summed E-state index contributed by atoms with van der Waals surface area (Å²) in [6, 6.07) is 17.3. The van der Waals surface area contributed by atoms with Crippen LogP contribution < -0.4 is 9.47 Å². The molecule has 0 N–H and O–H groups in total. The first-order valence-electron chi connectivity index (χ1n) is 9.82. The van der Waals surface area contributed by atoms with Gasteiger partial charge in [-0.1, -0.05) is 24.3 Å². The topological polar surface area (TPSA) is 66.4 Å². The maximum Gasteiger partial charge on any atom is 0.224 e. The monoisotopic (exact) mass is 396 g/mol. The van der Waals surface area contributed by atoms with Gasteiger partial charge in [0, 0.05) is 41.2 Å². The second-order valence-electron chi connectivity index (χ2n) is 7.43. The number of hydrogen-bond acceptors (Lipinski definition) is 4. The fourth-order valence-electron chi connectivity index (χ4n) is 3.65. The average molecular weight is 396 g/mol. The maximum atomic E-state index is 12.1. The quantitative estimate of drug-likeness (QED) is 0.328.